The summed E-state index contributed by atoms with van der Waals surface area (Å²) < 4.78 is 0. The molecule has 0 amide bonds. The zero-order chi connectivity index (χ0) is 11.5. The Labute approximate surface area is 102 Å². The van der Waals surface area contributed by atoms with E-state index in [0.717, 1.165) is 17.5 Å². The SMILES string of the molecule is CC1CCC(C)N(Cc2csc(CN)n2)C1. The summed E-state index contributed by atoms with van der Waals surface area (Å²) >= 11 is 1.68. The van der Waals surface area contributed by atoms with E-state index in [1.165, 1.54) is 25.1 Å². The van der Waals surface area contributed by atoms with Gasteiger partial charge in [0.05, 0.1) is 5.69 Å². The fraction of sp³-hybridized carbons (Fsp3) is 0.750. The molecule has 0 radical (unpaired) electrons. The molecule has 1 aliphatic rings. The first-order chi connectivity index (χ1) is 7.69. The van der Waals surface area contributed by atoms with Crippen molar-refractivity contribution < 1.29 is 0 Å². The van der Waals surface area contributed by atoms with E-state index >= 15 is 0 Å². The average molecular weight is 239 g/mol. The van der Waals surface area contributed by atoms with Crippen molar-refractivity contribution in [1.29, 1.82) is 0 Å². The molecule has 2 N–H and O–H groups in total. The van der Waals surface area contributed by atoms with Crippen molar-refractivity contribution in [3.05, 3.63) is 16.1 Å². The highest BCUT2D eigenvalue weighted by atomic mass is 32.1. The molecule has 1 fully saturated rings. The highest BCUT2D eigenvalue weighted by Gasteiger charge is 2.23. The van der Waals surface area contributed by atoms with E-state index in [4.69, 9.17) is 5.73 Å². The van der Waals surface area contributed by atoms with Gasteiger partial charge in [-0.3, -0.25) is 4.90 Å². The van der Waals surface area contributed by atoms with E-state index in [9.17, 15) is 0 Å². The molecule has 0 bridgehead atoms. The Bertz CT molecular complexity index is 337. The Morgan fingerprint density at radius 3 is 3.00 bits per heavy atom. The zero-order valence-corrected chi connectivity index (χ0v) is 11.0. The predicted octanol–water partition coefficient (Wildman–Crippen LogP) is 2.22. The molecular weight excluding hydrogens is 218 g/mol. The number of rotatable bonds is 3. The van der Waals surface area contributed by atoms with Gasteiger partial charge in [-0.2, -0.15) is 0 Å². The van der Waals surface area contributed by atoms with Gasteiger partial charge in [0, 0.05) is 31.1 Å². The molecule has 2 atom stereocenters. The van der Waals surface area contributed by atoms with Gasteiger partial charge in [-0.1, -0.05) is 6.92 Å². The Balaban J connectivity index is 1.97. The first kappa shape index (κ1) is 12.0. The smallest absolute Gasteiger partial charge is 0.106 e. The molecular formula is C12H21N3S. The lowest BCUT2D eigenvalue weighted by Crippen LogP contribution is -2.40. The molecule has 0 aliphatic carbocycles. The lowest BCUT2D eigenvalue weighted by molar-refractivity contribution is 0.116. The summed E-state index contributed by atoms with van der Waals surface area (Å²) in [5.41, 5.74) is 6.77. The number of piperidine rings is 1. The molecule has 1 aromatic heterocycles. The van der Waals surface area contributed by atoms with Gasteiger partial charge < -0.3 is 5.73 Å². The number of likely N-dealkylation sites (tertiary alicyclic amines) is 1. The van der Waals surface area contributed by atoms with Gasteiger partial charge in [-0.15, -0.1) is 11.3 Å². The van der Waals surface area contributed by atoms with Crippen molar-refractivity contribution in [2.75, 3.05) is 6.54 Å². The highest BCUT2D eigenvalue weighted by Crippen LogP contribution is 2.23. The third kappa shape index (κ3) is 2.81. The van der Waals surface area contributed by atoms with Crippen LogP contribution < -0.4 is 5.73 Å². The Hall–Kier alpha value is -0.450. The molecule has 1 saturated heterocycles. The molecule has 16 heavy (non-hydrogen) atoms. The standard InChI is InChI=1S/C12H21N3S/c1-9-3-4-10(2)15(6-9)7-11-8-16-12(5-13)14-11/h8-10H,3-7,13H2,1-2H3. The summed E-state index contributed by atoms with van der Waals surface area (Å²) in [6, 6.07) is 0.694. The summed E-state index contributed by atoms with van der Waals surface area (Å²) in [5.74, 6) is 0.823. The lowest BCUT2D eigenvalue weighted by Gasteiger charge is -2.36. The molecule has 2 unspecified atom stereocenters. The number of nitrogens with two attached hydrogens (primary N) is 1. The number of aromatic nitrogens is 1. The fourth-order valence-electron chi connectivity index (χ4n) is 2.32. The van der Waals surface area contributed by atoms with E-state index in [0.29, 0.717) is 12.6 Å². The topological polar surface area (TPSA) is 42.1 Å². The summed E-state index contributed by atoms with van der Waals surface area (Å²) in [4.78, 5) is 7.08. The van der Waals surface area contributed by atoms with Crippen molar-refractivity contribution in [2.24, 2.45) is 11.7 Å². The van der Waals surface area contributed by atoms with Crippen LogP contribution >= 0.6 is 11.3 Å². The van der Waals surface area contributed by atoms with Crippen LogP contribution in [-0.4, -0.2) is 22.5 Å². The lowest BCUT2D eigenvalue weighted by atomic mass is 9.95. The van der Waals surface area contributed by atoms with Crippen LogP contribution in [0.25, 0.3) is 0 Å². The van der Waals surface area contributed by atoms with Gasteiger partial charge >= 0.3 is 0 Å². The molecule has 1 aromatic rings. The Kier molecular flexibility index (Phi) is 3.95. The first-order valence-corrected chi connectivity index (χ1v) is 6.94. The van der Waals surface area contributed by atoms with Crippen molar-refractivity contribution in [2.45, 2.75) is 45.8 Å². The summed E-state index contributed by atoms with van der Waals surface area (Å²) in [7, 11) is 0. The second-order valence-electron chi connectivity index (χ2n) is 4.90. The predicted molar refractivity (Wildman–Crippen MR) is 68.3 cm³/mol. The summed E-state index contributed by atoms with van der Waals surface area (Å²) in [5, 5.41) is 3.20. The normalized spacial score (nSPS) is 27.2. The monoisotopic (exact) mass is 239 g/mol. The molecule has 2 heterocycles. The van der Waals surface area contributed by atoms with Crippen molar-refractivity contribution >= 4 is 11.3 Å². The van der Waals surface area contributed by atoms with Crippen molar-refractivity contribution in [1.82, 2.24) is 9.88 Å². The molecule has 2 rings (SSSR count). The molecule has 0 spiro atoms. The maximum atomic E-state index is 5.58. The minimum atomic E-state index is 0.566. The third-order valence-electron chi connectivity index (χ3n) is 3.39. The second kappa shape index (κ2) is 5.25. The number of hydrogen-bond donors (Lipinski definition) is 1. The van der Waals surface area contributed by atoms with Gasteiger partial charge in [0.1, 0.15) is 5.01 Å². The van der Waals surface area contributed by atoms with E-state index in [1.54, 1.807) is 11.3 Å². The van der Waals surface area contributed by atoms with Gasteiger partial charge in [-0.05, 0) is 25.7 Å². The molecule has 0 aromatic carbocycles. The van der Waals surface area contributed by atoms with Crippen molar-refractivity contribution in [3.63, 3.8) is 0 Å². The van der Waals surface area contributed by atoms with Gasteiger partial charge in [0.25, 0.3) is 0 Å². The van der Waals surface area contributed by atoms with Crippen LogP contribution in [0, 0.1) is 5.92 Å². The first-order valence-electron chi connectivity index (χ1n) is 6.06. The van der Waals surface area contributed by atoms with Crippen molar-refractivity contribution in [3.8, 4) is 0 Å². The number of thiazole rings is 1. The highest BCUT2D eigenvalue weighted by molar-refractivity contribution is 7.09. The molecule has 0 saturated carbocycles. The van der Waals surface area contributed by atoms with E-state index < -0.39 is 0 Å². The number of nitrogens with zero attached hydrogens (tertiary/aromatic N) is 2. The van der Waals surface area contributed by atoms with E-state index in [1.807, 2.05) is 0 Å². The second-order valence-corrected chi connectivity index (χ2v) is 5.84. The van der Waals surface area contributed by atoms with Crippen LogP contribution in [0.5, 0.6) is 0 Å². The maximum Gasteiger partial charge on any atom is 0.106 e. The summed E-state index contributed by atoms with van der Waals surface area (Å²) in [6.45, 7) is 7.42. The van der Waals surface area contributed by atoms with Crippen LogP contribution in [0.1, 0.15) is 37.4 Å². The minimum absolute atomic E-state index is 0.566. The van der Waals surface area contributed by atoms with Crippen LogP contribution in [0.2, 0.25) is 0 Å². The molecule has 3 nitrogen and oxygen atoms in total. The Morgan fingerprint density at radius 2 is 2.31 bits per heavy atom. The van der Waals surface area contributed by atoms with Gasteiger partial charge in [0.2, 0.25) is 0 Å². The van der Waals surface area contributed by atoms with E-state index in [-0.39, 0.29) is 0 Å². The van der Waals surface area contributed by atoms with Crippen LogP contribution in [0.3, 0.4) is 0 Å². The Morgan fingerprint density at radius 1 is 1.50 bits per heavy atom. The van der Waals surface area contributed by atoms with Crippen LogP contribution in [0.15, 0.2) is 5.38 Å². The third-order valence-corrected chi connectivity index (χ3v) is 4.31. The van der Waals surface area contributed by atoms with Gasteiger partial charge in [-0.25, -0.2) is 4.98 Å². The average Bonchev–Trinajstić information content (AvgIpc) is 2.71. The quantitative estimate of drug-likeness (QED) is 0.879. The molecule has 4 heteroatoms. The minimum Gasteiger partial charge on any atom is -0.325 e. The van der Waals surface area contributed by atoms with Crippen LogP contribution in [-0.2, 0) is 13.1 Å². The van der Waals surface area contributed by atoms with E-state index in [2.05, 4.69) is 29.1 Å². The largest absolute Gasteiger partial charge is 0.325 e. The van der Waals surface area contributed by atoms with Gasteiger partial charge in [0.15, 0.2) is 0 Å². The number of hydrogen-bond acceptors (Lipinski definition) is 4. The molecule has 1 aliphatic heterocycles. The zero-order valence-electron chi connectivity index (χ0n) is 10.1. The maximum absolute atomic E-state index is 5.58. The van der Waals surface area contributed by atoms with Crippen LogP contribution in [0.4, 0.5) is 0 Å². The molecule has 90 valence electrons. The fourth-order valence-corrected chi connectivity index (χ4v) is 2.99. The summed E-state index contributed by atoms with van der Waals surface area (Å²) in [6.07, 6.45) is 2.68.